The number of amides is 1. The van der Waals surface area contributed by atoms with E-state index in [1.54, 1.807) is 11.3 Å². The van der Waals surface area contributed by atoms with Gasteiger partial charge in [-0.3, -0.25) is 4.79 Å². The lowest BCUT2D eigenvalue weighted by atomic mass is 10.2. The molecule has 1 aromatic carbocycles. The van der Waals surface area contributed by atoms with Gasteiger partial charge in [0.15, 0.2) is 0 Å². The zero-order chi connectivity index (χ0) is 13.8. The van der Waals surface area contributed by atoms with E-state index in [0.717, 1.165) is 14.4 Å². The van der Waals surface area contributed by atoms with Crippen molar-refractivity contribution in [1.82, 2.24) is 5.43 Å². The van der Waals surface area contributed by atoms with Crippen LogP contribution in [0.1, 0.15) is 22.2 Å². The molecule has 2 N–H and O–H groups in total. The topological polar surface area (TPSA) is 61.7 Å². The van der Waals surface area contributed by atoms with Crippen molar-refractivity contribution in [1.29, 1.82) is 0 Å². The van der Waals surface area contributed by atoms with Crippen LogP contribution in [0.4, 0.5) is 0 Å². The van der Waals surface area contributed by atoms with Gasteiger partial charge in [-0.25, -0.2) is 5.43 Å². The fourth-order valence-electron chi connectivity index (χ4n) is 1.38. The number of nitrogens with zero attached hydrogens (tertiary/aromatic N) is 1. The highest BCUT2D eigenvalue weighted by atomic mass is 79.9. The summed E-state index contributed by atoms with van der Waals surface area (Å²) in [5.41, 5.74) is 3.67. The molecule has 0 atom stereocenters. The van der Waals surface area contributed by atoms with Gasteiger partial charge in [0, 0.05) is 5.56 Å². The Bertz CT molecular complexity index is 620. The van der Waals surface area contributed by atoms with Gasteiger partial charge in [-0.1, -0.05) is 0 Å². The van der Waals surface area contributed by atoms with Crippen LogP contribution in [0.2, 0.25) is 0 Å². The standard InChI is InChI=1S/C13H11BrN2O2S/c1-8(11-6-7-12(14)19-11)15-16-13(18)9-2-4-10(17)5-3-9/h2-7,17H,1H3,(H,16,18). The van der Waals surface area contributed by atoms with Crippen molar-refractivity contribution < 1.29 is 9.90 Å². The summed E-state index contributed by atoms with van der Waals surface area (Å²) < 4.78 is 1.02. The first-order chi connectivity index (χ1) is 9.06. The van der Waals surface area contributed by atoms with Gasteiger partial charge in [0.2, 0.25) is 0 Å². The highest BCUT2D eigenvalue weighted by Crippen LogP contribution is 2.22. The quantitative estimate of drug-likeness (QED) is 0.665. The predicted molar refractivity (Wildman–Crippen MR) is 79.8 cm³/mol. The maximum absolute atomic E-state index is 11.8. The summed E-state index contributed by atoms with van der Waals surface area (Å²) in [6.07, 6.45) is 0. The fourth-order valence-corrected chi connectivity index (χ4v) is 2.71. The summed E-state index contributed by atoms with van der Waals surface area (Å²) in [4.78, 5) is 12.8. The van der Waals surface area contributed by atoms with E-state index in [2.05, 4.69) is 26.5 Å². The lowest BCUT2D eigenvalue weighted by Gasteiger charge is -2.01. The molecule has 98 valence electrons. The van der Waals surface area contributed by atoms with Gasteiger partial charge in [0.1, 0.15) is 5.75 Å². The number of phenols is 1. The minimum absolute atomic E-state index is 0.125. The third kappa shape index (κ3) is 3.65. The van der Waals surface area contributed by atoms with Gasteiger partial charge in [0.05, 0.1) is 14.4 Å². The third-order valence-electron chi connectivity index (χ3n) is 2.38. The van der Waals surface area contributed by atoms with Crippen LogP contribution in [0.3, 0.4) is 0 Å². The van der Waals surface area contributed by atoms with Crippen LogP contribution in [0, 0.1) is 0 Å². The molecular weight excluding hydrogens is 328 g/mol. The van der Waals surface area contributed by atoms with Crippen LogP contribution in [0.25, 0.3) is 0 Å². The largest absolute Gasteiger partial charge is 0.508 e. The Labute approximate surface area is 122 Å². The highest BCUT2D eigenvalue weighted by Gasteiger charge is 2.05. The third-order valence-corrected chi connectivity index (χ3v) is 4.12. The number of hydrogen-bond acceptors (Lipinski definition) is 4. The Balaban J connectivity index is 2.05. The molecule has 1 heterocycles. The second-order valence-electron chi connectivity index (χ2n) is 3.79. The van der Waals surface area contributed by atoms with E-state index in [1.807, 2.05) is 19.1 Å². The Morgan fingerprint density at radius 3 is 2.53 bits per heavy atom. The summed E-state index contributed by atoms with van der Waals surface area (Å²) in [6.45, 7) is 1.83. The Kier molecular flexibility index (Phi) is 4.34. The number of carbonyl (C=O) groups is 1. The summed E-state index contributed by atoms with van der Waals surface area (Å²) in [5, 5.41) is 13.2. The van der Waals surface area contributed by atoms with Crippen LogP contribution in [-0.2, 0) is 0 Å². The summed E-state index contributed by atoms with van der Waals surface area (Å²) in [7, 11) is 0. The Hall–Kier alpha value is -1.66. The molecule has 2 rings (SSSR count). The molecule has 1 amide bonds. The van der Waals surface area contributed by atoms with E-state index in [1.165, 1.54) is 24.3 Å². The monoisotopic (exact) mass is 338 g/mol. The average Bonchev–Trinajstić information content (AvgIpc) is 2.83. The Morgan fingerprint density at radius 1 is 1.26 bits per heavy atom. The van der Waals surface area contributed by atoms with Crippen molar-refractivity contribution in [3.63, 3.8) is 0 Å². The van der Waals surface area contributed by atoms with E-state index in [-0.39, 0.29) is 11.7 Å². The number of benzene rings is 1. The summed E-state index contributed by atoms with van der Waals surface area (Å²) >= 11 is 4.92. The van der Waals surface area contributed by atoms with Crippen molar-refractivity contribution >= 4 is 38.9 Å². The molecule has 0 aliphatic rings. The number of hydrazone groups is 1. The lowest BCUT2D eigenvalue weighted by Crippen LogP contribution is -2.18. The van der Waals surface area contributed by atoms with Gasteiger partial charge >= 0.3 is 0 Å². The zero-order valence-electron chi connectivity index (χ0n) is 10.1. The van der Waals surface area contributed by atoms with Gasteiger partial charge in [-0.15, -0.1) is 11.3 Å². The van der Waals surface area contributed by atoms with Crippen LogP contribution in [-0.4, -0.2) is 16.7 Å². The van der Waals surface area contributed by atoms with Crippen LogP contribution in [0.15, 0.2) is 45.3 Å². The van der Waals surface area contributed by atoms with E-state index in [0.29, 0.717) is 5.56 Å². The number of hydrogen-bond donors (Lipinski definition) is 2. The molecular formula is C13H11BrN2O2S. The molecule has 0 unspecified atom stereocenters. The molecule has 0 saturated carbocycles. The first kappa shape index (κ1) is 13.8. The van der Waals surface area contributed by atoms with Gasteiger partial charge in [-0.05, 0) is 59.3 Å². The minimum atomic E-state index is -0.310. The van der Waals surface area contributed by atoms with Crippen LogP contribution >= 0.6 is 27.3 Å². The second kappa shape index (κ2) is 5.99. The minimum Gasteiger partial charge on any atom is -0.508 e. The summed E-state index contributed by atoms with van der Waals surface area (Å²) in [6, 6.07) is 9.86. The number of thiophene rings is 1. The number of aromatic hydroxyl groups is 1. The van der Waals surface area contributed by atoms with Crippen molar-refractivity contribution in [3.8, 4) is 5.75 Å². The van der Waals surface area contributed by atoms with Crippen molar-refractivity contribution in [2.45, 2.75) is 6.92 Å². The molecule has 0 fully saturated rings. The van der Waals surface area contributed by atoms with Gasteiger partial charge < -0.3 is 5.11 Å². The molecule has 19 heavy (non-hydrogen) atoms. The number of halogens is 1. The molecule has 0 spiro atoms. The smallest absolute Gasteiger partial charge is 0.271 e. The first-order valence-corrected chi connectivity index (χ1v) is 7.06. The Morgan fingerprint density at radius 2 is 1.95 bits per heavy atom. The molecule has 0 saturated heterocycles. The predicted octanol–water partition coefficient (Wildman–Crippen LogP) is 3.37. The van der Waals surface area contributed by atoms with E-state index in [9.17, 15) is 4.79 Å². The lowest BCUT2D eigenvalue weighted by molar-refractivity contribution is 0.0955. The van der Waals surface area contributed by atoms with E-state index >= 15 is 0 Å². The highest BCUT2D eigenvalue weighted by molar-refractivity contribution is 9.11. The number of nitrogens with one attached hydrogen (secondary N) is 1. The fraction of sp³-hybridized carbons (Fsp3) is 0.0769. The SMILES string of the molecule is CC(=NNC(=O)c1ccc(O)cc1)c1ccc(Br)s1. The molecule has 0 bridgehead atoms. The molecule has 6 heteroatoms. The normalized spacial score (nSPS) is 11.4. The molecule has 2 aromatic rings. The van der Waals surface area contributed by atoms with Gasteiger partial charge in [-0.2, -0.15) is 5.10 Å². The van der Waals surface area contributed by atoms with Crippen molar-refractivity contribution in [2.24, 2.45) is 5.10 Å². The summed E-state index contributed by atoms with van der Waals surface area (Å²) in [5.74, 6) is -0.186. The van der Waals surface area contributed by atoms with Crippen molar-refractivity contribution in [2.75, 3.05) is 0 Å². The second-order valence-corrected chi connectivity index (χ2v) is 6.25. The average molecular weight is 339 g/mol. The molecule has 1 aromatic heterocycles. The molecule has 0 aliphatic carbocycles. The van der Waals surface area contributed by atoms with Crippen molar-refractivity contribution in [3.05, 3.63) is 50.6 Å². The maximum atomic E-state index is 11.8. The molecule has 0 radical (unpaired) electrons. The first-order valence-electron chi connectivity index (χ1n) is 5.45. The van der Waals surface area contributed by atoms with E-state index in [4.69, 9.17) is 5.11 Å². The number of carbonyl (C=O) groups excluding carboxylic acids is 1. The van der Waals surface area contributed by atoms with Gasteiger partial charge in [0.25, 0.3) is 5.91 Å². The maximum Gasteiger partial charge on any atom is 0.271 e. The number of rotatable bonds is 3. The number of phenolic OH excluding ortho intramolecular Hbond substituents is 1. The van der Waals surface area contributed by atoms with Crippen LogP contribution in [0.5, 0.6) is 5.75 Å². The van der Waals surface area contributed by atoms with E-state index < -0.39 is 0 Å². The molecule has 4 nitrogen and oxygen atoms in total. The van der Waals surface area contributed by atoms with Crippen LogP contribution < -0.4 is 5.43 Å². The molecule has 0 aliphatic heterocycles. The zero-order valence-corrected chi connectivity index (χ0v) is 12.5.